The number of carbonyl (C=O) groups is 1. The van der Waals surface area contributed by atoms with Crippen molar-refractivity contribution in [3.63, 3.8) is 0 Å². The van der Waals surface area contributed by atoms with Gasteiger partial charge in [-0.3, -0.25) is 0 Å². The van der Waals surface area contributed by atoms with Gasteiger partial charge in [-0.15, -0.1) is 0 Å². The largest absolute Gasteiger partial charge is 0.478 e. The molecule has 122 valence electrons. The summed E-state index contributed by atoms with van der Waals surface area (Å²) in [4.78, 5) is 11.5. The second kappa shape index (κ2) is 6.60. The topological polar surface area (TPSA) is 67.2 Å². The van der Waals surface area contributed by atoms with Crippen LogP contribution in [-0.2, 0) is 0 Å². The first-order valence-corrected chi connectivity index (χ1v) is 8.13. The first-order chi connectivity index (χ1) is 11.5. The molecule has 0 spiro atoms. The van der Waals surface area contributed by atoms with Gasteiger partial charge in [-0.05, 0) is 71.5 Å². The van der Waals surface area contributed by atoms with E-state index < -0.39 is 11.8 Å². The van der Waals surface area contributed by atoms with E-state index in [1.54, 1.807) is 12.3 Å². The lowest BCUT2D eigenvalue weighted by Gasteiger charge is -2.14. The Bertz CT molecular complexity index is 910. The van der Waals surface area contributed by atoms with Gasteiger partial charge in [-0.25, -0.2) is 13.9 Å². The van der Waals surface area contributed by atoms with Gasteiger partial charge in [0.1, 0.15) is 11.5 Å². The van der Waals surface area contributed by atoms with Crippen LogP contribution in [0.2, 0.25) is 0 Å². The maximum atomic E-state index is 14.3. The van der Waals surface area contributed by atoms with Crippen LogP contribution in [0.15, 0.2) is 48.8 Å². The Morgan fingerprint density at radius 2 is 2.08 bits per heavy atom. The van der Waals surface area contributed by atoms with Gasteiger partial charge in [0.2, 0.25) is 0 Å². The van der Waals surface area contributed by atoms with Crippen molar-refractivity contribution in [3.8, 4) is 5.69 Å². The predicted octanol–water partition coefficient (Wildman–Crippen LogP) is 4.37. The molecule has 2 N–H and O–H groups in total. The van der Waals surface area contributed by atoms with Crippen LogP contribution < -0.4 is 5.32 Å². The molecule has 0 fully saturated rings. The normalized spacial score (nSPS) is 10.6. The van der Waals surface area contributed by atoms with Gasteiger partial charge in [0.25, 0.3) is 0 Å². The number of rotatable bonds is 4. The molecule has 1 heterocycles. The molecule has 0 aliphatic rings. The molecule has 0 radical (unpaired) electrons. The van der Waals surface area contributed by atoms with E-state index in [1.165, 1.54) is 16.9 Å². The summed E-state index contributed by atoms with van der Waals surface area (Å²) < 4.78 is 16.7. The summed E-state index contributed by atoms with van der Waals surface area (Å²) in [6.07, 6.45) is 3.12. The average Bonchev–Trinajstić information content (AvgIpc) is 3.05. The van der Waals surface area contributed by atoms with E-state index in [0.29, 0.717) is 5.69 Å². The highest BCUT2D eigenvalue weighted by Gasteiger charge is 2.17. The summed E-state index contributed by atoms with van der Waals surface area (Å²) in [5.41, 5.74) is 2.06. The van der Waals surface area contributed by atoms with Gasteiger partial charge in [-0.1, -0.05) is 0 Å². The van der Waals surface area contributed by atoms with Crippen LogP contribution in [0.4, 0.5) is 15.8 Å². The zero-order valence-corrected chi connectivity index (χ0v) is 14.8. The molecule has 3 aromatic rings. The number of anilines is 2. The second-order valence-corrected chi connectivity index (χ2v) is 6.43. The molecule has 7 heteroatoms. The lowest BCUT2D eigenvalue weighted by molar-refractivity contribution is 0.0697. The summed E-state index contributed by atoms with van der Waals surface area (Å²) in [7, 11) is 0. The van der Waals surface area contributed by atoms with Crippen molar-refractivity contribution in [2.45, 2.75) is 6.92 Å². The third kappa shape index (κ3) is 3.25. The van der Waals surface area contributed by atoms with Gasteiger partial charge in [0, 0.05) is 21.7 Å². The van der Waals surface area contributed by atoms with E-state index in [2.05, 4.69) is 33.0 Å². The highest BCUT2D eigenvalue weighted by atomic mass is 127. The van der Waals surface area contributed by atoms with Gasteiger partial charge in [0.05, 0.1) is 11.3 Å². The molecule has 0 bridgehead atoms. The zero-order valence-electron chi connectivity index (χ0n) is 12.6. The van der Waals surface area contributed by atoms with Crippen molar-refractivity contribution in [2.24, 2.45) is 0 Å². The number of carboxylic acids is 1. The second-order valence-electron chi connectivity index (χ2n) is 5.19. The van der Waals surface area contributed by atoms with Crippen LogP contribution in [0.1, 0.15) is 15.9 Å². The standard InChI is InChI=1S/C17H13FIN3O2/c1-10-7-11(19)3-4-14(10)21-15-9-16(22-6-2-5-20-22)13(18)8-12(15)17(23)24/h2-9,21H,1H3,(H,23,24). The van der Waals surface area contributed by atoms with Crippen molar-refractivity contribution < 1.29 is 14.3 Å². The summed E-state index contributed by atoms with van der Waals surface area (Å²) in [6.45, 7) is 1.92. The number of nitrogens with one attached hydrogen (secondary N) is 1. The quantitative estimate of drug-likeness (QED) is 0.596. The molecular formula is C17H13FIN3O2. The maximum absolute atomic E-state index is 14.3. The molecule has 0 saturated carbocycles. The number of aryl methyl sites for hydroxylation is 1. The van der Waals surface area contributed by atoms with Crippen LogP contribution in [0.25, 0.3) is 5.69 Å². The van der Waals surface area contributed by atoms with Crippen LogP contribution in [0.3, 0.4) is 0 Å². The molecule has 0 saturated heterocycles. The van der Waals surface area contributed by atoms with E-state index in [1.807, 2.05) is 25.1 Å². The first kappa shape index (κ1) is 16.4. The van der Waals surface area contributed by atoms with E-state index in [4.69, 9.17) is 0 Å². The number of aromatic carboxylic acids is 1. The molecule has 0 unspecified atom stereocenters. The molecule has 0 atom stereocenters. The number of hydrogen-bond acceptors (Lipinski definition) is 3. The Balaban J connectivity index is 2.10. The lowest BCUT2D eigenvalue weighted by Crippen LogP contribution is -2.08. The summed E-state index contributed by atoms with van der Waals surface area (Å²) in [6, 6.07) is 9.86. The fraction of sp³-hybridized carbons (Fsp3) is 0.0588. The van der Waals surface area contributed by atoms with Crippen molar-refractivity contribution in [3.05, 3.63) is 69.3 Å². The fourth-order valence-corrected chi connectivity index (χ4v) is 2.99. The van der Waals surface area contributed by atoms with Gasteiger partial charge in [0.15, 0.2) is 0 Å². The van der Waals surface area contributed by atoms with Crippen LogP contribution in [-0.4, -0.2) is 20.9 Å². The minimum atomic E-state index is -1.20. The van der Waals surface area contributed by atoms with E-state index in [9.17, 15) is 14.3 Å². The molecule has 1 aromatic heterocycles. The number of hydrogen-bond donors (Lipinski definition) is 2. The summed E-state index contributed by atoms with van der Waals surface area (Å²) >= 11 is 2.20. The minimum Gasteiger partial charge on any atom is -0.478 e. The lowest BCUT2D eigenvalue weighted by atomic mass is 10.1. The molecule has 2 aromatic carbocycles. The van der Waals surface area contributed by atoms with Crippen molar-refractivity contribution in [1.29, 1.82) is 0 Å². The van der Waals surface area contributed by atoms with Gasteiger partial charge >= 0.3 is 5.97 Å². The number of aromatic nitrogens is 2. The van der Waals surface area contributed by atoms with Gasteiger partial charge in [-0.2, -0.15) is 5.10 Å². The number of halogens is 2. The fourth-order valence-electron chi connectivity index (χ4n) is 2.34. The highest BCUT2D eigenvalue weighted by molar-refractivity contribution is 14.1. The van der Waals surface area contributed by atoms with E-state index >= 15 is 0 Å². The molecule has 5 nitrogen and oxygen atoms in total. The van der Waals surface area contributed by atoms with Crippen LogP contribution in [0, 0.1) is 16.3 Å². The van der Waals surface area contributed by atoms with E-state index in [-0.39, 0.29) is 11.3 Å². The Labute approximate surface area is 151 Å². The maximum Gasteiger partial charge on any atom is 0.337 e. The van der Waals surface area contributed by atoms with Crippen molar-refractivity contribution in [1.82, 2.24) is 9.78 Å². The number of nitrogens with zero attached hydrogens (tertiary/aromatic N) is 2. The van der Waals surface area contributed by atoms with Crippen molar-refractivity contribution >= 4 is 39.9 Å². The van der Waals surface area contributed by atoms with Crippen LogP contribution in [0.5, 0.6) is 0 Å². The average molecular weight is 437 g/mol. The smallest absolute Gasteiger partial charge is 0.337 e. The molecule has 24 heavy (non-hydrogen) atoms. The Kier molecular flexibility index (Phi) is 4.52. The highest BCUT2D eigenvalue weighted by Crippen LogP contribution is 2.28. The molecule has 0 amide bonds. The van der Waals surface area contributed by atoms with Crippen molar-refractivity contribution in [2.75, 3.05) is 5.32 Å². The molecular weight excluding hydrogens is 424 g/mol. The molecule has 0 aliphatic heterocycles. The Hall–Kier alpha value is -2.42. The third-order valence-electron chi connectivity index (χ3n) is 3.53. The minimum absolute atomic E-state index is 0.138. The van der Waals surface area contributed by atoms with E-state index in [0.717, 1.165) is 20.9 Å². The third-order valence-corrected chi connectivity index (χ3v) is 4.20. The Morgan fingerprint density at radius 1 is 1.29 bits per heavy atom. The SMILES string of the molecule is Cc1cc(I)ccc1Nc1cc(-n2cccn2)c(F)cc1C(=O)O. The summed E-state index contributed by atoms with van der Waals surface area (Å²) in [5, 5.41) is 16.5. The Morgan fingerprint density at radius 3 is 2.71 bits per heavy atom. The monoisotopic (exact) mass is 437 g/mol. The summed E-state index contributed by atoms with van der Waals surface area (Å²) in [5.74, 6) is -1.85. The van der Waals surface area contributed by atoms with Gasteiger partial charge < -0.3 is 10.4 Å². The number of carboxylic acid groups (broad SMARTS) is 1. The number of benzene rings is 2. The molecule has 3 rings (SSSR count). The molecule has 0 aliphatic carbocycles. The predicted molar refractivity (Wildman–Crippen MR) is 97.7 cm³/mol. The zero-order chi connectivity index (χ0) is 17.3. The first-order valence-electron chi connectivity index (χ1n) is 7.06. The van der Waals surface area contributed by atoms with Crippen LogP contribution >= 0.6 is 22.6 Å².